The largest absolute Gasteiger partial charge is 0.454 e. The summed E-state index contributed by atoms with van der Waals surface area (Å²) in [4.78, 5) is 0. The molecule has 0 spiro atoms. The van der Waals surface area contributed by atoms with Crippen molar-refractivity contribution in [2.45, 2.75) is 25.0 Å². The molecule has 2 atom stereocenters. The number of piperidine rings is 1. The Morgan fingerprint density at radius 3 is 2.79 bits per heavy atom. The maximum Gasteiger partial charge on any atom is 0.231 e. The van der Waals surface area contributed by atoms with Crippen LogP contribution in [0.4, 0.5) is 0 Å². The molecular weight excluding hydrogens is 326 g/mol. The van der Waals surface area contributed by atoms with Gasteiger partial charge in [0.25, 0.3) is 0 Å². The van der Waals surface area contributed by atoms with Crippen molar-refractivity contribution >= 4 is 11.6 Å². The molecule has 0 saturated carbocycles. The van der Waals surface area contributed by atoms with Crippen LogP contribution in [0.25, 0.3) is 0 Å². The molecule has 0 aliphatic carbocycles. The number of benzene rings is 2. The third-order valence-corrected chi connectivity index (χ3v) is 4.88. The predicted octanol–water partition coefficient (Wildman–Crippen LogP) is 3.73. The molecule has 1 N–H and O–H groups in total. The number of fused-ring (bicyclic) bond motifs is 1. The van der Waals surface area contributed by atoms with Crippen molar-refractivity contribution in [3.63, 3.8) is 0 Å². The number of hydrogen-bond donors (Lipinski definition) is 1. The van der Waals surface area contributed by atoms with Crippen LogP contribution in [0.3, 0.4) is 0 Å². The Morgan fingerprint density at radius 1 is 1.08 bits per heavy atom. The first kappa shape index (κ1) is 15.8. The molecule has 126 valence electrons. The second-order valence-electron chi connectivity index (χ2n) is 6.19. The molecule has 2 aliphatic rings. The minimum Gasteiger partial charge on any atom is -0.454 e. The summed E-state index contributed by atoms with van der Waals surface area (Å²) in [6.07, 6.45) is 1.21. The first-order valence-corrected chi connectivity index (χ1v) is 8.64. The van der Waals surface area contributed by atoms with Crippen LogP contribution in [0.1, 0.15) is 23.5 Å². The van der Waals surface area contributed by atoms with Crippen LogP contribution in [0, 0.1) is 0 Å². The molecule has 2 heterocycles. The van der Waals surface area contributed by atoms with E-state index in [2.05, 4.69) is 17.4 Å². The Hall–Kier alpha value is -1.75. The molecule has 4 rings (SSSR count). The van der Waals surface area contributed by atoms with Gasteiger partial charge in [0.05, 0.1) is 12.7 Å². The summed E-state index contributed by atoms with van der Waals surface area (Å²) in [5.41, 5.74) is 2.39. The fourth-order valence-corrected chi connectivity index (χ4v) is 3.46. The Bertz CT molecular complexity index is 704. The SMILES string of the molecule is Clc1ccc([C@H]2CCNC[C@@H]2OCc2ccc3c(c2)OCO3)cc1. The zero-order valence-electron chi connectivity index (χ0n) is 13.3. The van der Waals surface area contributed by atoms with Crippen LogP contribution in [0.15, 0.2) is 42.5 Å². The summed E-state index contributed by atoms with van der Waals surface area (Å²) in [5, 5.41) is 4.20. The Kier molecular flexibility index (Phi) is 4.60. The zero-order valence-corrected chi connectivity index (χ0v) is 14.1. The third-order valence-electron chi connectivity index (χ3n) is 4.63. The van der Waals surface area contributed by atoms with Crippen LogP contribution in [-0.4, -0.2) is 26.0 Å². The van der Waals surface area contributed by atoms with Crippen molar-refractivity contribution in [1.82, 2.24) is 5.32 Å². The average Bonchev–Trinajstić information content (AvgIpc) is 3.09. The molecular formula is C19H20ClNO3. The summed E-state index contributed by atoms with van der Waals surface area (Å²) in [5.74, 6) is 1.99. The lowest BCUT2D eigenvalue weighted by atomic mass is 9.88. The van der Waals surface area contributed by atoms with Crippen molar-refractivity contribution in [2.75, 3.05) is 19.9 Å². The van der Waals surface area contributed by atoms with E-state index in [4.69, 9.17) is 25.8 Å². The van der Waals surface area contributed by atoms with Crippen molar-refractivity contribution < 1.29 is 14.2 Å². The van der Waals surface area contributed by atoms with Gasteiger partial charge in [0.2, 0.25) is 6.79 Å². The molecule has 0 radical (unpaired) electrons. The standard InChI is InChI=1S/C19H20ClNO3/c20-15-4-2-14(3-5-15)16-7-8-21-10-19(16)22-11-13-1-6-17-18(9-13)24-12-23-17/h1-6,9,16,19,21H,7-8,10-12H2/t16-,19+/m1/s1. The van der Waals surface area contributed by atoms with E-state index in [-0.39, 0.29) is 6.10 Å². The molecule has 0 unspecified atom stereocenters. The highest BCUT2D eigenvalue weighted by Crippen LogP contribution is 2.33. The topological polar surface area (TPSA) is 39.7 Å². The van der Waals surface area contributed by atoms with Crippen LogP contribution < -0.4 is 14.8 Å². The Labute approximate surface area is 146 Å². The van der Waals surface area contributed by atoms with Gasteiger partial charge in [-0.15, -0.1) is 0 Å². The summed E-state index contributed by atoms with van der Waals surface area (Å²) in [7, 11) is 0. The maximum atomic E-state index is 6.23. The molecule has 4 nitrogen and oxygen atoms in total. The molecule has 2 aromatic carbocycles. The quantitative estimate of drug-likeness (QED) is 0.916. The van der Waals surface area contributed by atoms with E-state index in [1.807, 2.05) is 30.3 Å². The number of ether oxygens (including phenoxy) is 3. The second-order valence-corrected chi connectivity index (χ2v) is 6.62. The molecule has 1 fully saturated rings. The van der Waals surface area contributed by atoms with Crippen molar-refractivity contribution in [2.24, 2.45) is 0 Å². The highest BCUT2D eigenvalue weighted by Gasteiger charge is 2.27. The Balaban J connectivity index is 1.44. The first-order valence-electron chi connectivity index (χ1n) is 8.26. The lowest BCUT2D eigenvalue weighted by molar-refractivity contribution is 0.0105. The third kappa shape index (κ3) is 3.36. The van der Waals surface area contributed by atoms with Gasteiger partial charge in [-0.3, -0.25) is 0 Å². The van der Waals surface area contributed by atoms with Crippen LogP contribution in [0.2, 0.25) is 5.02 Å². The molecule has 5 heteroatoms. The van der Waals surface area contributed by atoms with Crippen LogP contribution >= 0.6 is 11.6 Å². The minimum absolute atomic E-state index is 0.144. The summed E-state index contributed by atoms with van der Waals surface area (Å²) < 4.78 is 17.0. The first-order chi connectivity index (χ1) is 11.8. The van der Waals surface area contributed by atoms with E-state index in [0.29, 0.717) is 19.3 Å². The second kappa shape index (κ2) is 7.01. The molecule has 1 saturated heterocycles. The van der Waals surface area contributed by atoms with Gasteiger partial charge in [-0.2, -0.15) is 0 Å². The van der Waals surface area contributed by atoms with Gasteiger partial charge in [-0.05, 0) is 48.4 Å². The van der Waals surface area contributed by atoms with E-state index in [1.165, 1.54) is 5.56 Å². The minimum atomic E-state index is 0.144. The molecule has 0 amide bonds. The van der Waals surface area contributed by atoms with Gasteiger partial charge in [0.1, 0.15) is 0 Å². The number of nitrogens with one attached hydrogen (secondary N) is 1. The molecule has 2 aliphatic heterocycles. The van der Waals surface area contributed by atoms with Gasteiger partial charge < -0.3 is 19.5 Å². The summed E-state index contributed by atoms with van der Waals surface area (Å²) in [6.45, 7) is 2.73. The summed E-state index contributed by atoms with van der Waals surface area (Å²) in [6, 6.07) is 14.1. The predicted molar refractivity (Wildman–Crippen MR) is 92.8 cm³/mol. The van der Waals surface area contributed by atoms with E-state index in [9.17, 15) is 0 Å². The van der Waals surface area contributed by atoms with Crippen molar-refractivity contribution in [3.05, 3.63) is 58.6 Å². The van der Waals surface area contributed by atoms with E-state index >= 15 is 0 Å². The normalized spacial score (nSPS) is 22.5. The van der Waals surface area contributed by atoms with Crippen molar-refractivity contribution in [1.29, 1.82) is 0 Å². The van der Waals surface area contributed by atoms with Gasteiger partial charge in [0.15, 0.2) is 11.5 Å². The number of rotatable bonds is 4. The lowest BCUT2D eigenvalue weighted by Crippen LogP contribution is -2.40. The fraction of sp³-hybridized carbons (Fsp3) is 0.368. The maximum absolute atomic E-state index is 6.23. The van der Waals surface area contributed by atoms with Gasteiger partial charge in [-0.25, -0.2) is 0 Å². The molecule has 0 aromatic heterocycles. The average molecular weight is 346 g/mol. The highest BCUT2D eigenvalue weighted by atomic mass is 35.5. The van der Waals surface area contributed by atoms with Gasteiger partial charge in [-0.1, -0.05) is 29.8 Å². The zero-order chi connectivity index (χ0) is 16.4. The van der Waals surface area contributed by atoms with Crippen LogP contribution in [0.5, 0.6) is 11.5 Å². The highest BCUT2D eigenvalue weighted by molar-refractivity contribution is 6.30. The molecule has 24 heavy (non-hydrogen) atoms. The van der Waals surface area contributed by atoms with Crippen LogP contribution in [-0.2, 0) is 11.3 Å². The molecule has 2 aromatic rings. The fourth-order valence-electron chi connectivity index (χ4n) is 3.33. The lowest BCUT2D eigenvalue weighted by Gasteiger charge is -2.32. The number of halogens is 1. The monoisotopic (exact) mass is 345 g/mol. The van der Waals surface area contributed by atoms with Crippen molar-refractivity contribution in [3.8, 4) is 11.5 Å². The summed E-state index contributed by atoms with van der Waals surface area (Å²) >= 11 is 6.01. The van der Waals surface area contributed by atoms with E-state index in [0.717, 1.165) is 41.6 Å². The number of hydrogen-bond acceptors (Lipinski definition) is 4. The van der Waals surface area contributed by atoms with Gasteiger partial charge in [0, 0.05) is 17.5 Å². The van der Waals surface area contributed by atoms with E-state index in [1.54, 1.807) is 0 Å². The smallest absolute Gasteiger partial charge is 0.231 e. The Morgan fingerprint density at radius 2 is 1.92 bits per heavy atom. The van der Waals surface area contributed by atoms with E-state index < -0.39 is 0 Å². The van der Waals surface area contributed by atoms with Gasteiger partial charge >= 0.3 is 0 Å². The molecule has 0 bridgehead atoms.